The second-order valence-electron chi connectivity index (χ2n) is 8.25. The lowest BCUT2D eigenvalue weighted by Crippen LogP contribution is -2.34. The molecular formula is C27H29NO7. The number of methoxy groups -OCH3 is 2. The van der Waals surface area contributed by atoms with Crippen LogP contribution >= 0.6 is 0 Å². The number of carbonyl (C=O) groups excluding carboxylic acids is 2. The molecule has 0 fully saturated rings. The first-order valence-corrected chi connectivity index (χ1v) is 11.6. The van der Waals surface area contributed by atoms with Crippen molar-refractivity contribution in [2.75, 3.05) is 34.0 Å². The van der Waals surface area contributed by atoms with Gasteiger partial charge in [0.25, 0.3) is 5.91 Å². The minimum atomic E-state index is -0.850. The number of benzene rings is 2. The van der Waals surface area contributed by atoms with E-state index < -0.39 is 23.5 Å². The lowest BCUT2D eigenvalue weighted by atomic mass is 9.94. The minimum Gasteiger partial charge on any atom is -0.503 e. The maximum atomic E-state index is 13.6. The van der Waals surface area contributed by atoms with Gasteiger partial charge in [-0.1, -0.05) is 37.6 Å². The second kappa shape index (κ2) is 10.7. The van der Waals surface area contributed by atoms with Crippen molar-refractivity contribution in [1.29, 1.82) is 0 Å². The Morgan fingerprint density at radius 1 is 1.09 bits per heavy atom. The Bertz CT molecular complexity index is 1230. The van der Waals surface area contributed by atoms with Gasteiger partial charge in [0, 0.05) is 19.0 Å². The predicted octanol–water partition coefficient (Wildman–Crippen LogP) is 4.85. The van der Waals surface area contributed by atoms with Gasteiger partial charge in [-0.2, -0.15) is 0 Å². The monoisotopic (exact) mass is 479 g/mol. The maximum absolute atomic E-state index is 13.6. The Hall–Kier alpha value is -3.78. The number of rotatable bonds is 11. The summed E-state index contributed by atoms with van der Waals surface area (Å²) >= 11 is 0. The molecule has 35 heavy (non-hydrogen) atoms. The molecule has 2 aromatic carbocycles. The molecule has 1 aliphatic heterocycles. The average molecular weight is 480 g/mol. The van der Waals surface area contributed by atoms with Gasteiger partial charge >= 0.3 is 0 Å². The molecule has 2 heterocycles. The van der Waals surface area contributed by atoms with Crippen LogP contribution in [-0.2, 0) is 9.53 Å². The zero-order valence-electron chi connectivity index (χ0n) is 20.1. The van der Waals surface area contributed by atoms with Crippen LogP contribution in [0.15, 0.2) is 64.3 Å². The fraction of sp³-hybridized carbons (Fsp3) is 0.333. The molecule has 0 bridgehead atoms. The molecule has 0 saturated carbocycles. The lowest BCUT2D eigenvalue weighted by Gasteiger charge is -2.27. The Labute approximate surface area is 203 Å². The quantitative estimate of drug-likeness (QED) is 0.310. The van der Waals surface area contributed by atoms with Gasteiger partial charge in [0.2, 0.25) is 5.78 Å². The molecular weight excluding hydrogens is 450 g/mol. The molecule has 0 aliphatic carbocycles. The molecule has 0 spiro atoms. The van der Waals surface area contributed by atoms with Gasteiger partial charge in [-0.05, 0) is 36.2 Å². The van der Waals surface area contributed by atoms with Crippen LogP contribution in [0.5, 0.6) is 11.5 Å². The Kier molecular flexibility index (Phi) is 7.41. The first kappa shape index (κ1) is 24.3. The van der Waals surface area contributed by atoms with E-state index in [-0.39, 0.29) is 24.5 Å². The molecule has 1 amide bonds. The zero-order valence-corrected chi connectivity index (χ0v) is 20.1. The van der Waals surface area contributed by atoms with Gasteiger partial charge in [-0.25, -0.2) is 0 Å². The van der Waals surface area contributed by atoms with Gasteiger partial charge in [0.05, 0.1) is 31.9 Å². The van der Waals surface area contributed by atoms with E-state index in [4.69, 9.17) is 18.6 Å². The van der Waals surface area contributed by atoms with Crippen LogP contribution in [0.2, 0.25) is 0 Å². The molecule has 3 aromatic rings. The highest BCUT2D eigenvalue weighted by Crippen LogP contribution is 2.42. The van der Waals surface area contributed by atoms with Crippen molar-refractivity contribution in [2.24, 2.45) is 0 Å². The number of amides is 1. The number of aliphatic hydroxyl groups is 1. The normalized spacial score (nSPS) is 15.8. The van der Waals surface area contributed by atoms with Crippen LogP contribution in [-0.4, -0.2) is 55.7 Å². The van der Waals surface area contributed by atoms with Crippen molar-refractivity contribution in [3.8, 4) is 11.5 Å². The van der Waals surface area contributed by atoms with E-state index in [0.29, 0.717) is 29.3 Å². The molecule has 0 saturated heterocycles. The molecule has 1 aliphatic rings. The highest BCUT2D eigenvalue weighted by molar-refractivity contribution is 6.16. The molecule has 8 nitrogen and oxygen atoms in total. The van der Waals surface area contributed by atoms with Gasteiger partial charge in [0.15, 0.2) is 23.0 Å². The van der Waals surface area contributed by atoms with Crippen molar-refractivity contribution in [2.45, 2.75) is 25.8 Å². The fourth-order valence-electron chi connectivity index (χ4n) is 4.18. The number of carbonyl (C=O) groups is 2. The average Bonchev–Trinajstić information content (AvgIpc) is 3.42. The first-order chi connectivity index (χ1) is 17.0. The largest absolute Gasteiger partial charge is 0.503 e. The number of hydrogen-bond donors (Lipinski definition) is 1. The maximum Gasteiger partial charge on any atom is 0.290 e. The van der Waals surface area contributed by atoms with Crippen molar-refractivity contribution < 1.29 is 33.3 Å². The van der Waals surface area contributed by atoms with E-state index in [2.05, 4.69) is 6.92 Å². The van der Waals surface area contributed by atoms with Crippen LogP contribution in [0.25, 0.3) is 11.0 Å². The third-order valence-electron chi connectivity index (χ3n) is 5.99. The minimum absolute atomic E-state index is 0.0469. The fourth-order valence-corrected chi connectivity index (χ4v) is 4.18. The summed E-state index contributed by atoms with van der Waals surface area (Å²) < 4.78 is 22.3. The Morgan fingerprint density at radius 3 is 2.60 bits per heavy atom. The van der Waals surface area contributed by atoms with Crippen molar-refractivity contribution in [3.05, 3.63) is 71.2 Å². The summed E-state index contributed by atoms with van der Waals surface area (Å²) in [4.78, 5) is 28.0. The summed E-state index contributed by atoms with van der Waals surface area (Å²) in [5.74, 6) is -0.715. The van der Waals surface area contributed by atoms with E-state index in [9.17, 15) is 14.7 Å². The summed E-state index contributed by atoms with van der Waals surface area (Å²) in [6, 6.07) is 13.2. The summed E-state index contributed by atoms with van der Waals surface area (Å²) in [7, 11) is 3.05. The summed E-state index contributed by atoms with van der Waals surface area (Å²) in [5.41, 5.74) is 1.09. The highest BCUT2D eigenvalue weighted by Gasteiger charge is 2.44. The van der Waals surface area contributed by atoms with Crippen LogP contribution in [0.3, 0.4) is 0 Å². The number of fused-ring (bicyclic) bond motifs is 1. The number of nitrogens with zero attached hydrogens (tertiary/aromatic N) is 1. The Morgan fingerprint density at radius 2 is 1.89 bits per heavy atom. The van der Waals surface area contributed by atoms with Crippen LogP contribution < -0.4 is 9.47 Å². The van der Waals surface area contributed by atoms with E-state index in [0.717, 1.165) is 18.2 Å². The number of ketones is 1. The smallest absolute Gasteiger partial charge is 0.290 e. The molecule has 1 N–H and O–H groups in total. The van der Waals surface area contributed by atoms with E-state index in [1.807, 2.05) is 18.2 Å². The topological polar surface area (TPSA) is 98.4 Å². The van der Waals surface area contributed by atoms with Crippen molar-refractivity contribution in [1.82, 2.24) is 4.90 Å². The Balaban J connectivity index is 1.75. The number of Topliss-reactive ketones (excluding diaryl/α,β-unsaturated/α-hetero) is 1. The molecule has 0 radical (unpaired) electrons. The second-order valence-corrected chi connectivity index (χ2v) is 8.25. The van der Waals surface area contributed by atoms with Crippen molar-refractivity contribution in [3.63, 3.8) is 0 Å². The number of furan rings is 1. The molecule has 1 aromatic heterocycles. The highest BCUT2D eigenvalue weighted by atomic mass is 16.5. The number of para-hydroxylation sites is 1. The molecule has 1 atom stereocenters. The van der Waals surface area contributed by atoms with Crippen molar-refractivity contribution >= 4 is 22.7 Å². The summed E-state index contributed by atoms with van der Waals surface area (Å²) in [5, 5.41) is 11.6. The van der Waals surface area contributed by atoms with Gasteiger partial charge < -0.3 is 28.6 Å². The van der Waals surface area contributed by atoms with Crippen LogP contribution in [0.1, 0.15) is 41.9 Å². The lowest BCUT2D eigenvalue weighted by molar-refractivity contribution is -0.130. The zero-order chi connectivity index (χ0) is 24.9. The molecule has 184 valence electrons. The molecule has 4 rings (SSSR count). The number of unbranched alkanes of at least 4 members (excludes halogenated alkanes) is 1. The van der Waals surface area contributed by atoms with E-state index in [1.54, 1.807) is 30.3 Å². The van der Waals surface area contributed by atoms with Crippen LogP contribution in [0, 0.1) is 0 Å². The van der Waals surface area contributed by atoms with Crippen LogP contribution in [0.4, 0.5) is 0 Å². The molecule has 1 unspecified atom stereocenters. The SMILES string of the molecule is CCCCOc1ccc(C2C(C(=O)c3cc4ccccc4o3)=C(O)C(=O)N2CCOC)cc1OC. The standard InChI is InChI=1S/C27H29NO7/c1-4-5-13-34-20-11-10-18(16-21(20)33-3)24-23(26(30)27(31)28(24)12-14-32-2)25(29)22-15-17-8-6-7-9-19(17)35-22/h6-11,15-16,24,30H,4-5,12-14H2,1-3H3. The van der Waals surface area contributed by atoms with Gasteiger partial charge in [-0.3, -0.25) is 9.59 Å². The summed E-state index contributed by atoms with van der Waals surface area (Å²) in [6.07, 6.45) is 1.90. The third kappa shape index (κ3) is 4.74. The summed E-state index contributed by atoms with van der Waals surface area (Å²) in [6.45, 7) is 3.04. The van der Waals surface area contributed by atoms with Gasteiger partial charge in [0.1, 0.15) is 5.58 Å². The number of hydrogen-bond acceptors (Lipinski definition) is 7. The molecule has 8 heteroatoms. The predicted molar refractivity (Wildman–Crippen MR) is 130 cm³/mol. The first-order valence-electron chi connectivity index (χ1n) is 11.6. The van der Waals surface area contributed by atoms with E-state index in [1.165, 1.54) is 19.1 Å². The van der Waals surface area contributed by atoms with E-state index >= 15 is 0 Å². The third-order valence-corrected chi connectivity index (χ3v) is 5.99. The number of ether oxygens (including phenoxy) is 3. The van der Waals surface area contributed by atoms with Gasteiger partial charge in [-0.15, -0.1) is 0 Å². The number of aliphatic hydroxyl groups excluding tert-OH is 1.